The van der Waals surface area contributed by atoms with E-state index in [2.05, 4.69) is 44.2 Å². The van der Waals surface area contributed by atoms with Gasteiger partial charge >= 0.3 is 0 Å². The highest BCUT2D eigenvalue weighted by Crippen LogP contribution is 2.45. The SMILES string of the molecule is [C-]#[N+]c1cccc(-c2ccc3c(c2)CCN(CC(=O)Nc2ccc(Cl)cc2)C32CCN(CC3CC3)CC2)c1. The first-order valence-electron chi connectivity index (χ1n) is 13.7. The molecule has 2 heterocycles. The second-order valence-corrected chi connectivity index (χ2v) is 11.5. The van der Waals surface area contributed by atoms with E-state index < -0.39 is 0 Å². The predicted molar refractivity (Wildman–Crippen MR) is 154 cm³/mol. The third-order valence-corrected chi connectivity index (χ3v) is 8.78. The number of carbonyl (C=O) groups excluding carboxylic acids is 1. The van der Waals surface area contributed by atoms with E-state index >= 15 is 0 Å². The largest absolute Gasteiger partial charge is 0.325 e. The van der Waals surface area contributed by atoms with Crippen LogP contribution in [0.25, 0.3) is 16.0 Å². The summed E-state index contributed by atoms with van der Waals surface area (Å²) in [4.78, 5) is 21.9. The molecule has 3 aliphatic rings. The average Bonchev–Trinajstić information content (AvgIpc) is 3.77. The summed E-state index contributed by atoms with van der Waals surface area (Å²) < 4.78 is 0. The van der Waals surface area contributed by atoms with Crippen LogP contribution in [0.1, 0.15) is 36.8 Å². The number of hydrogen-bond acceptors (Lipinski definition) is 3. The number of fused-ring (bicyclic) bond motifs is 2. The summed E-state index contributed by atoms with van der Waals surface area (Å²) in [7, 11) is 0. The molecule has 1 saturated heterocycles. The zero-order valence-electron chi connectivity index (χ0n) is 21.6. The summed E-state index contributed by atoms with van der Waals surface area (Å²) in [6, 6.07) is 22.0. The normalized spacial score (nSPS) is 19.1. The van der Waals surface area contributed by atoms with Gasteiger partial charge in [-0.25, -0.2) is 4.85 Å². The Morgan fingerprint density at radius 1 is 1.00 bits per heavy atom. The van der Waals surface area contributed by atoms with Gasteiger partial charge in [0.15, 0.2) is 5.69 Å². The third-order valence-electron chi connectivity index (χ3n) is 8.53. The number of carbonyl (C=O) groups is 1. The second kappa shape index (κ2) is 10.5. The number of benzene rings is 3. The summed E-state index contributed by atoms with van der Waals surface area (Å²) in [5, 5.41) is 3.73. The van der Waals surface area contributed by atoms with Gasteiger partial charge in [-0.1, -0.05) is 48.0 Å². The molecule has 1 spiro atoms. The number of rotatable bonds is 6. The highest BCUT2D eigenvalue weighted by atomic mass is 35.5. The van der Waals surface area contributed by atoms with Crippen LogP contribution < -0.4 is 5.32 Å². The lowest BCUT2D eigenvalue weighted by atomic mass is 9.73. The van der Waals surface area contributed by atoms with Gasteiger partial charge in [-0.05, 0) is 90.6 Å². The summed E-state index contributed by atoms with van der Waals surface area (Å²) in [6.07, 6.45) is 5.73. The average molecular weight is 525 g/mol. The standard InChI is InChI=1S/C32H33ClN4O/c1-34-29-4-2-3-24(20-29)25-7-12-30-26(19-25)13-16-37(22-31(38)35-28-10-8-27(33)9-11-28)32(30)14-17-36(18-15-32)21-23-5-6-23/h2-4,7-12,19-20,23H,5-6,13-18,21-22H2,(H,35,38). The van der Waals surface area contributed by atoms with Gasteiger partial charge in [0, 0.05) is 42.4 Å². The molecule has 1 aliphatic carbocycles. The number of nitrogens with zero attached hydrogens (tertiary/aromatic N) is 3. The minimum absolute atomic E-state index is 0.0168. The van der Waals surface area contributed by atoms with Crippen LogP contribution >= 0.6 is 11.6 Å². The maximum Gasteiger partial charge on any atom is 0.238 e. The summed E-state index contributed by atoms with van der Waals surface area (Å²) >= 11 is 6.02. The summed E-state index contributed by atoms with van der Waals surface area (Å²) in [5.41, 5.74) is 6.29. The molecule has 3 aromatic carbocycles. The molecule has 0 aromatic heterocycles. The first-order valence-corrected chi connectivity index (χ1v) is 14.0. The number of likely N-dealkylation sites (tertiary alicyclic amines) is 1. The third kappa shape index (κ3) is 5.22. The molecular weight excluding hydrogens is 492 g/mol. The molecule has 6 heteroatoms. The quantitative estimate of drug-likeness (QED) is 0.362. The topological polar surface area (TPSA) is 39.9 Å². The van der Waals surface area contributed by atoms with Crippen LogP contribution in [0, 0.1) is 12.5 Å². The highest BCUT2D eigenvalue weighted by molar-refractivity contribution is 6.30. The smallest absolute Gasteiger partial charge is 0.238 e. The van der Waals surface area contributed by atoms with Gasteiger partial charge in [-0.2, -0.15) is 0 Å². The molecule has 1 saturated carbocycles. The van der Waals surface area contributed by atoms with Crippen molar-refractivity contribution in [3.8, 4) is 11.1 Å². The molecule has 0 unspecified atom stereocenters. The lowest BCUT2D eigenvalue weighted by molar-refractivity contribution is -0.120. The van der Waals surface area contributed by atoms with Crippen molar-refractivity contribution in [2.75, 3.05) is 38.0 Å². The number of piperidine rings is 1. The molecule has 0 radical (unpaired) electrons. The van der Waals surface area contributed by atoms with Crippen LogP contribution in [-0.4, -0.2) is 48.4 Å². The number of hydrogen-bond donors (Lipinski definition) is 1. The lowest BCUT2D eigenvalue weighted by Gasteiger charge is -2.52. The Kier molecular flexibility index (Phi) is 6.97. The number of nitrogens with one attached hydrogen (secondary N) is 1. The highest BCUT2D eigenvalue weighted by Gasteiger charge is 2.45. The van der Waals surface area contributed by atoms with Crippen LogP contribution in [0.4, 0.5) is 11.4 Å². The Morgan fingerprint density at radius 2 is 1.76 bits per heavy atom. The zero-order valence-corrected chi connectivity index (χ0v) is 22.4. The van der Waals surface area contributed by atoms with Crippen molar-refractivity contribution in [1.29, 1.82) is 0 Å². The molecule has 6 rings (SSSR count). The minimum atomic E-state index is -0.137. The minimum Gasteiger partial charge on any atom is -0.325 e. The van der Waals surface area contributed by atoms with E-state index in [0.29, 0.717) is 17.3 Å². The number of anilines is 1. The molecule has 0 bridgehead atoms. The van der Waals surface area contributed by atoms with Crippen LogP contribution in [-0.2, 0) is 16.8 Å². The zero-order chi connectivity index (χ0) is 26.1. The van der Waals surface area contributed by atoms with Gasteiger partial charge in [-0.15, -0.1) is 0 Å². The first-order chi connectivity index (χ1) is 18.5. The van der Waals surface area contributed by atoms with Crippen molar-refractivity contribution < 1.29 is 4.79 Å². The van der Waals surface area contributed by atoms with Crippen molar-refractivity contribution in [2.45, 2.75) is 37.6 Å². The maximum atomic E-state index is 13.2. The molecule has 1 amide bonds. The van der Waals surface area contributed by atoms with Gasteiger partial charge in [-0.3, -0.25) is 9.69 Å². The predicted octanol–water partition coefficient (Wildman–Crippen LogP) is 6.76. The maximum absolute atomic E-state index is 13.2. The van der Waals surface area contributed by atoms with Gasteiger partial charge in [0.25, 0.3) is 0 Å². The van der Waals surface area contributed by atoms with Crippen molar-refractivity contribution in [2.24, 2.45) is 5.92 Å². The van der Waals surface area contributed by atoms with Gasteiger partial charge < -0.3 is 10.2 Å². The van der Waals surface area contributed by atoms with Crippen molar-refractivity contribution in [1.82, 2.24) is 9.80 Å². The Balaban J connectivity index is 1.27. The summed E-state index contributed by atoms with van der Waals surface area (Å²) in [6.45, 7) is 12.0. The van der Waals surface area contributed by atoms with E-state index in [1.165, 1.54) is 30.5 Å². The molecule has 1 N–H and O–H groups in total. The van der Waals surface area contributed by atoms with E-state index in [-0.39, 0.29) is 11.4 Å². The molecule has 3 aromatic rings. The molecule has 194 valence electrons. The fourth-order valence-corrected chi connectivity index (χ4v) is 6.45. The molecular formula is C32H33ClN4O. The van der Waals surface area contributed by atoms with Gasteiger partial charge in [0.2, 0.25) is 5.91 Å². The van der Waals surface area contributed by atoms with Crippen molar-refractivity contribution in [3.63, 3.8) is 0 Å². The van der Waals surface area contributed by atoms with E-state index in [0.717, 1.165) is 61.6 Å². The van der Waals surface area contributed by atoms with E-state index in [4.69, 9.17) is 18.2 Å². The second-order valence-electron chi connectivity index (χ2n) is 11.0. The van der Waals surface area contributed by atoms with E-state index in [9.17, 15) is 4.79 Å². The van der Waals surface area contributed by atoms with Gasteiger partial charge in [0.1, 0.15) is 0 Å². The fraction of sp³-hybridized carbons (Fsp3) is 0.375. The number of amides is 1. The molecule has 0 atom stereocenters. The van der Waals surface area contributed by atoms with Crippen LogP contribution in [0.15, 0.2) is 66.7 Å². The van der Waals surface area contributed by atoms with E-state index in [1.807, 2.05) is 30.3 Å². The molecule has 5 nitrogen and oxygen atoms in total. The Bertz CT molecular complexity index is 1370. The van der Waals surface area contributed by atoms with Crippen molar-refractivity contribution in [3.05, 3.63) is 94.3 Å². The number of halogens is 1. The van der Waals surface area contributed by atoms with Crippen LogP contribution in [0.2, 0.25) is 5.02 Å². The van der Waals surface area contributed by atoms with Crippen molar-refractivity contribution >= 4 is 28.9 Å². The molecule has 2 aliphatic heterocycles. The fourth-order valence-electron chi connectivity index (χ4n) is 6.32. The van der Waals surface area contributed by atoms with Gasteiger partial charge in [0.05, 0.1) is 13.1 Å². The van der Waals surface area contributed by atoms with Crippen LogP contribution in [0.3, 0.4) is 0 Å². The molecule has 38 heavy (non-hydrogen) atoms. The lowest BCUT2D eigenvalue weighted by Crippen LogP contribution is -2.58. The van der Waals surface area contributed by atoms with E-state index in [1.54, 1.807) is 12.1 Å². The Hall–Kier alpha value is -3.17. The summed E-state index contributed by atoms with van der Waals surface area (Å²) in [5.74, 6) is 0.904. The Labute approximate surface area is 230 Å². The first kappa shape index (κ1) is 25.1. The van der Waals surface area contributed by atoms with Crippen LogP contribution in [0.5, 0.6) is 0 Å². The monoisotopic (exact) mass is 524 g/mol. The Morgan fingerprint density at radius 3 is 2.50 bits per heavy atom. The molecule has 2 fully saturated rings.